The van der Waals surface area contributed by atoms with Gasteiger partial charge in [0.05, 0.1) is 14.9 Å². The number of nitrogens with zero attached hydrogens (tertiary/aromatic N) is 2. The fourth-order valence-electron chi connectivity index (χ4n) is 4.20. The highest BCUT2D eigenvalue weighted by Crippen LogP contribution is 2.40. The van der Waals surface area contributed by atoms with Gasteiger partial charge >= 0.3 is 0 Å². The second-order valence-corrected chi connectivity index (χ2v) is 10.7. The fourth-order valence-corrected chi connectivity index (χ4v) is 7.02. The number of hydrogen-bond donors (Lipinski definition) is 0. The van der Waals surface area contributed by atoms with Gasteiger partial charge in [0.2, 0.25) is 15.9 Å². The molecule has 4 heterocycles. The minimum absolute atomic E-state index is 0.143. The normalized spacial score (nSPS) is 19.6. The summed E-state index contributed by atoms with van der Waals surface area (Å²) >= 11 is 7.62. The summed E-state index contributed by atoms with van der Waals surface area (Å²) in [6.07, 6.45) is 2.50. The highest BCUT2D eigenvalue weighted by Gasteiger charge is 2.35. The maximum atomic E-state index is 13.3. The molecular weight excluding hydrogens is 392 g/mol. The number of carbonyl (C=O) groups is 1. The summed E-state index contributed by atoms with van der Waals surface area (Å²) in [5, 5.41) is 0. The van der Waals surface area contributed by atoms with E-state index in [9.17, 15) is 13.2 Å². The molecule has 0 saturated carbocycles. The Bertz CT molecular complexity index is 1040. The van der Waals surface area contributed by atoms with Crippen molar-refractivity contribution in [1.29, 1.82) is 0 Å². The first-order valence-corrected chi connectivity index (χ1v) is 11.3. The van der Waals surface area contributed by atoms with Crippen molar-refractivity contribution in [3.05, 3.63) is 44.1 Å². The Morgan fingerprint density at radius 1 is 0.962 bits per heavy atom. The molecule has 0 unspecified atom stereocenters. The molecule has 8 heteroatoms. The molecule has 1 aromatic carbocycles. The molecular formula is C18H17ClN2O3S2. The molecule has 1 amide bonds. The number of sulfonamides is 1. The Hall–Kier alpha value is -1.41. The van der Waals surface area contributed by atoms with E-state index in [1.54, 1.807) is 16.4 Å². The van der Waals surface area contributed by atoms with Crippen LogP contribution in [0.5, 0.6) is 0 Å². The van der Waals surface area contributed by atoms with Gasteiger partial charge < -0.3 is 4.90 Å². The fraction of sp³-hybridized carbons (Fsp3) is 0.389. The number of aryl methyl sites for hydroxylation is 1. The molecule has 0 aliphatic carbocycles. The summed E-state index contributed by atoms with van der Waals surface area (Å²) in [5.74, 6) is 0.143. The van der Waals surface area contributed by atoms with Crippen molar-refractivity contribution >= 4 is 44.6 Å². The highest BCUT2D eigenvalue weighted by molar-refractivity contribution is 7.89. The van der Waals surface area contributed by atoms with Crippen LogP contribution in [0.2, 0.25) is 4.34 Å². The van der Waals surface area contributed by atoms with Gasteiger partial charge in [-0.05, 0) is 54.2 Å². The largest absolute Gasteiger partial charge is 0.312 e. The lowest BCUT2D eigenvalue weighted by atomic mass is 10.00. The van der Waals surface area contributed by atoms with Gasteiger partial charge in [-0.3, -0.25) is 4.79 Å². The van der Waals surface area contributed by atoms with Crippen LogP contribution in [-0.4, -0.2) is 31.7 Å². The molecule has 0 spiro atoms. The van der Waals surface area contributed by atoms with Gasteiger partial charge in [0.25, 0.3) is 0 Å². The van der Waals surface area contributed by atoms with E-state index in [0.717, 1.165) is 28.8 Å². The number of halogens is 1. The van der Waals surface area contributed by atoms with E-state index < -0.39 is 10.0 Å². The smallest absolute Gasteiger partial charge is 0.243 e. The lowest BCUT2D eigenvalue weighted by Crippen LogP contribution is -2.36. The molecule has 3 aliphatic heterocycles. The Morgan fingerprint density at radius 2 is 1.73 bits per heavy atom. The quantitative estimate of drug-likeness (QED) is 0.767. The van der Waals surface area contributed by atoms with E-state index in [1.165, 1.54) is 16.2 Å². The van der Waals surface area contributed by atoms with Crippen molar-refractivity contribution in [2.75, 3.05) is 18.0 Å². The van der Waals surface area contributed by atoms with Gasteiger partial charge in [-0.1, -0.05) is 11.6 Å². The zero-order valence-electron chi connectivity index (χ0n) is 14.0. The average molecular weight is 409 g/mol. The predicted molar refractivity (Wildman–Crippen MR) is 101 cm³/mol. The molecule has 26 heavy (non-hydrogen) atoms. The standard InChI is InChI=1S/C18H17ClN2O3S2/c19-16-9-13-10-20(5-4-15(13)25-16)26(23,24)14-7-11-1-2-17(22)21-6-3-12(8-14)18(11)21/h7-9H,1-6,10H2. The van der Waals surface area contributed by atoms with Crippen LogP contribution in [0.15, 0.2) is 23.1 Å². The summed E-state index contributed by atoms with van der Waals surface area (Å²) in [6, 6.07) is 5.41. The van der Waals surface area contributed by atoms with Gasteiger partial charge in [0.1, 0.15) is 0 Å². The third kappa shape index (κ3) is 2.45. The van der Waals surface area contributed by atoms with E-state index in [-0.39, 0.29) is 5.91 Å². The summed E-state index contributed by atoms with van der Waals surface area (Å²) in [4.78, 5) is 15.4. The maximum absolute atomic E-state index is 13.3. The average Bonchev–Trinajstić information content (AvgIpc) is 3.20. The monoisotopic (exact) mass is 408 g/mol. The summed E-state index contributed by atoms with van der Waals surface area (Å²) in [5.41, 5.74) is 3.92. The van der Waals surface area contributed by atoms with Crippen LogP contribution in [0.1, 0.15) is 28.0 Å². The number of carbonyl (C=O) groups excluding carboxylic acids is 1. The minimum Gasteiger partial charge on any atom is -0.312 e. The van der Waals surface area contributed by atoms with Crippen molar-refractivity contribution < 1.29 is 13.2 Å². The highest BCUT2D eigenvalue weighted by atomic mass is 35.5. The third-order valence-electron chi connectivity index (χ3n) is 5.46. The first-order chi connectivity index (χ1) is 12.4. The lowest BCUT2D eigenvalue weighted by Gasteiger charge is -2.28. The Kier molecular flexibility index (Phi) is 3.73. The van der Waals surface area contributed by atoms with Gasteiger partial charge in [-0.25, -0.2) is 8.42 Å². The SMILES string of the molecule is O=C1CCc2cc(S(=O)(=O)N3CCc4sc(Cl)cc4C3)cc3c2N1CC3. The van der Waals surface area contributed by atoms with Crippen molar-refractivity contribution in [1.82, 2.24) is 4.31 Å². The molecule has 3 aliphatic rings. The maximum Gasteiger partial charge on any atom is 0.243 e. The van der Waals surface area contributed by atoms with Crippen molar-refractivity contribution in [2.45, 2.75) is 37.1 Å². The summed E-state index contributed by atoms with van der Waals surface area (Å²) < 4.78 is 28.8. The molecule has 5 rings (SSSR count). The number of thiophene rings is 1. The molecule has 0 fully saturated rings. The zero-order valence-corrected chi connectivity index (χ0v) is 16.4. The van der Waals surface area contributed by atoms with Crippen LogP contribution in [0.3, 0.4) is 0 Å². The molecule has 136 valence electrons. The molecule has 0 N–H and O–H groups in total. The first kappa shape index (κ1) is 16.7. The summed E-state index contributed by atoms with van der Waals surface area (Å²) in [6.45, 7) is 1.51. The molecule has 5 nitrogen and oxygen atoms in total. The van der Waals surface area contributed by atoms with E-state index >= 15 is 0 Å². The van der Waals surface area contributed by atoms with E-state index in [0.29, 0.717) is 48.1 Å². The lowest BCUT2D eigenvalue weighted by molar-refractivity contribution is -0.118. The number of hydrogen-bond acceptors (Lipinski definition) is 4. The van der Waals surface area contributed by atoms with E-state index in [1.807, 2.05) is 11.0 Å². The van der Waals surface area contributed by atoms with Gasteiger partial charge in [-0.15, -0.1) is 11.3 Å². The third-order valence-corrected chi connectivity index (χ3v) is 8.65. The van der Waals surface area contributed by atoms with Crippen LogP contribution < -0.4 is 4.90 Å². The Balaban J connectivity index is 1.53. The number of fused-ring (bicyclic) bond motifs is 1. The van der Waals surface area contributed by atoms with Crippen molar-refractivity contribution in [3.63, 3.8) is 0 Å². The first-order valence-electron chi connectivity index (χ1n) is 8.67. The van der Waals surface area contributed by atoms with Crippen LogP contribution in [-0.2, 0) is 40.6 Å². The number of benzene rings is 1. The van der Waals surface area contributed by atoms with Crippen molar-refractivity contribution in [2.24, 2.45) is 0 Å². The Labute approximate surface area is 161 Å². The second-order valence-electron chi connectivity index (χ2n) is 6.97. The van der Waals surface area contributed by atoms with Gasteiger partial charge in [0, 0.05) is 30.9 Å². The topological polar surface area (TPSA) is 57.7 Å². The van der Waals surface area contributed by atoms with Crippen LogP contribution in [0, 0.1) is 0 Å². The number of amides is 1. The van der Waals surface area contributed by atoms with E-state index in [4.69, 9.17) is 11.6 Å². The molecule has 0 atom stereocenters. The number of rotatable bonds is 2. The van der Waals surface area contributed by atoms with Gasteiger partial charge in [-0.2, -0.15) is 4.31 Å². The van der Waals surface area contributed by atoms with E-state index in [2.05, 4.69) is 0 Å². The number of anilines is 1. The Morgan fingerprint density at radius 3 is 2.54 bits per heavy atom. The molecule has 1 aromatic heterocycles. The molecule has 0 radical (unpaired) electrons. The van der Waals surface area contributed by atoms with Crippen LogP contribution in [0.25, 0.3) is 0 Å². The molecule has 0 saturated heterocycles. The predicted octanol–water partition coefficient (Wildman–Crippen LogP) is 2.98. The van der Waals surface area contributed by atoms with Crippen molar-refractivity contribution in [3.8, 4) is 0 Å². The molecule has 0 bridgehead atoms. The van der Waals surface area contributed by atoms with Crippen LogP contribution >= 0.6 is 22.9 Å². The second kappa shape index (κ2) is 5.79. The summed E-state index contributed by atoms with van der Waals surface area (Å²) in [7, 11) is -3.57. The van der Waals surface area contributed by atoms with Gasteiger partial charge in [0.15, 0.2) is 0 Å². The zero-order chi connectivity index (χ0) is 18.1. The van der Waals surface area contributed by atoms with Crippen LogP contribution in [0.4, 0.5) is 5.69 Å². The molecule has 2 aromatic rings. The minimum atomic E-state index is -3.57.